The summed E-state index contributed by atoms with van der Waals surface area (Å²) in [6, 6.07) is 0. The molecule has 0 amide bonds. The molecule has 0 atom stereocenters. The van der Waals surface area contributed by atoms with Crippen molar-refractivity contribution in [2.75, 3.05) is 52.0 Å². The largest absolute Gasteiger partial charge is 0.385 e. The summed E-state index contributed by atoms with van der Waals surface area (Å²) in [5.74, 6) is 0.891. The van der Waals surface area contributed by atoms with Crippen LogP contribution in [0, 0.1) is 0 Å². The molecule has 1 heterocycles. The molecule has 1 rings (SSSR count). The summed E-state index contributed by atoms with van der Waals surface area (Å²) in [5, 5.41) is 3.32. The molecular weight excluding hydrogens is 268 g/mol. The first kappa shape index (κ1) is 17.8. The van der Waals surface area contributed by atoms with Crippen molar-refractivity contribution in [3.05, 3.63) is 18.1 Å². The lowest BCUT2D eigenvalue weighted by Crippen LogP contribution is -2.30. The van der Waals surface area contributed by atoms with Gasteiger partial charge < -0.3 is 19.7 Å². The first-order chi connectivity index (χ1) is 10.3. The van der Waals surface area contributed by atoms with Gasteiger partial charge in [-0.1, -0.05) is 6.92 Å². The highest BCUT2D eigenvalue weighted by Gasteiger charge is 2.08. The molecule has 0 fully saturated rings. The van der Waals surface area contributed by atoms with E-state index in [9.17, 15) is 0 Å². The van der Waals surface area contributed by atoms with Crippen LogP contribution >= 0.6 is 0 Å². The van der Waals surface area contributed by atoms with Crippen LogP contribution in [0.2, 0.25) is 0 Å². The molecule has 0 aliphatic heterocycles. The fourth-order valence-corrected chi connectivity index (χ4v) is 1.94. The summed E-state index contributed by atoms with van der Waals surface area (Å²) in [4.78, 5) is 11.2. The summed E-state index contributed by atoms with van der Waals surface area (Å²) in [5.41, 5.74) is 0.968. The second kappa shape index (κ2) is 11.4. The van der Waals surface area contributed by atoms with Gasteiger partial charge in [0.05, 0.1) is 24.7 Å². The third kappa shape index (κ3) is 7.36. The quantitative estimate of drug-likeness (QED) is 0.589. The Balaban J connectivity index is 2.55. The Hall–Kier alpha value is -1.24. The molecule has 0 radical (unpaired) electrons. The Labute approximate surface area is 127 Å². The minimum atomic E-state index is 0.675. The van der Waals surface area contributed by atoms with Gasteiger partial charge in [0.25, 0.3) is 0 Å². The number of rotatable bonds is 12. The average Bonchev–Trinajstić information content (AvgIpc) is 2.52. The molecule has 0 saturated heterocycles. The van der Waals surface area contributed by atoms with Gasteiger partial charge in [0.15, 0.2) is 0 Å². The van der Waals surface area contributed by atoms with Crippen molar-refractivity contribution in [2.24, 2.45) is 0 Å². The van der Waals surface area contributed by atoms with Crippen LogP contribution in [0.25, 0.3) is 0 Å². The zero-order chi connectivity index (χ0) is 15.3. The molecule has 21 heavy (non-hydrogen) atoms. The van der Waals surface area contributed by atoms with Crippen LogP contribution < -0.4 is 10.2 Å². The Kier molecular flexibility index (Phi) is 9.69. The maximum Gasteiger partial charge on any atom is 0.147 e. The monoisotopic (exact) mass is 296 g/mol. The Morgan fingerprint density at radius 3 is 2.52 bits per heavy atom. The lowest BCUT2D eigenvalue weighted by atomic mass is 10.3. The van der Waals surface area contributed by atoms with E-state index in [1.165, 1.54) is 0 Å². The summed E-state index contributed by atoms with van der Waals surface area (Å²) in [6.07, 6.45) is 5.76. The third-order valence-corrected chi connectivity index (χ3v) is 3.09. The molecular formula is C15H28N4O2. The topological polar surface area (TPSA) is 59.5 Å². The second-order valence-corrected chi connectivity index (χ2v) is 4.87. The number of hydrogen-bond acceptors (Lipinski definition) is 6. The van der Waals surface area contributed by atoms with Gasteiger partial charge in [0.2, 0.25) is 0 Å². The summed E-state index contributed by atoms with van der Waals surface area (Å²) in [6.45, 7) is 7.03. The zero-order valence-electron chi connectivity index (χ0n) is 13.5. The summed E-state index contributed by atoms with van der Waals surface area (Å²) in [7, 11) is 3.43. The average molecular weight is 296 g/mol. The SMILES string of the molecule is CCCNCc1cnc(N(CCCOC)CCOC)cn1. The van der Waals surface area contributed by atoms with E-state index in [-0.39, 0.29) is 0 Å². The van der Waals surface area contributed by atoms with Crippen LogP contribution in [-0.2, 0) is 16.0 Å². The van der Waals surface area contributed by atoms with Crippen LogP contribution in [0.5, 0.6) is 0 Å². The maximum absolute atomic E-state index is 5.16. The zero-order valence-corrected chi connectivity index (χ0v) is 13.5. The highest BCUT2D eigenvalue weighted by Crippen LogP contribution is 2.09. The summed E-state index contributed by atoms with van der Waals surface area (Å²) >= 11 is 0. The van der Waals surface area contributed by atoms with Crippen molar-refractivity contribution >= 4 is 5.82 Å². The molecule has 0 unspecified atom stereocenters. The molecule has 1 aromatic rings. The number of nitrogens with one attached hydrogen (secondary N) is 1. The van der Waals surface area contributed by atoms with Gasteiger partial charge in [-0.25, -0.2) is 4.98 Å². The first-order valence-corrected chi connectivity index (χ1v) is 7.56. The Morgan fingerprint density at radius 1 is 1.10 bits per heavy atom. The Bertz CT molecular complexity index is 359. The highest BCUT2D eigenvalue weighted by atomic mass is 16.5. The number of aromatic nitrogens is 2. The van der Waals surface area contributed by atoms with E-state index in [4.69, 9.17) is 9.47 Å². The van der Waals surface area contributed by atoms with Gasteiger partial charge in [0.1, 0.15) is 5.82 Å². The van der Waals surface area contributed by atoms with Crippen LogP contribution in [0.15, 0.2) is 12.4 Å². The lowest BCUT2D eigenvalue weighted by molar-refractivity contribution is 0.191. The number of methoxy groups -OCH3 is 2. The van der Waals surface area contributed by atoms with E-state index in [2.05, 4.69) is 27.1 Å². The molecule has 1 N–H and O–H groups in total. The first-order valence-electron chi connectivity index (χ1n) is 7.56. The predicted molar refractivity (Wildman–Crippen MR) is 84.6 cm³/mol. The van der Waals surface area contributed by atoms with Crippen LogP contribution in [-0.4, -0.2) is 57.0 Å². The molecule has 6 heteroatoms. The standard InChI is InChI=1S/C15H28N4O2/c1-4-6-16-11-14-12-18-15(13-17-14)19(8-10-21-3)7-5-9-20-2/h12-13,16H,4-11H2,1-3H3. The fourth-order valence-electron chi connectivity index (χ4n) is 1.94. The van der Waals surface area contributed by atoms with Crippen molar-refractivity contribution in [1.82, 2.24) is 15.3 Å². The van der Waals surface area contributed by atoms with Gasteiger partial charge in [-0.05, 0) is 19.4 Å². The second-order valence-electron chi connectivity index (χ2n) is 4.87. The summed E-state index contributed by atoms with van der Waals surface area (Å²) < 4.78 is 10.3. The predicted octanol–water partition coefficient (Wildman–Crippen LogP) is 1.47. The minimum absolute atomic E-state index is 0.675. The molecule has 0 aliphatic carbocycles. The van der Waals surface area contributed by atoms with Crippen molar-refractivity contribution < 1.29 is 9.47 Å². The lowest BCUT2D eigenvalue weighted by Gasteiger charge is -2.23. The highest BCUT2D eigenvalue weighted by molar-refractivity contribution is 5.35. The number of hydrogen-bond donors (Lipinski definition) is 1. The van der Waals surface area contributed by atoms with Gasteiger partial charge in [0, 0.05) is 40.5 Å². The molecule has 0 aromatic carbocycles. The smallest absolute Gasteiger partial charge is 0.147 e. The Morgan fingerprint density at radius 2 is 1.90 bits per heavy atom. The maximum atomic E-state index is 5.16. The molecule has 0 aliphatic rings. The van der Waals surface area contributed by atoms with Crippen molar-refractivity contribution in [3.63, 3.8) is 0 Å². The molecule has 0 bridgehead atoms. The van der Waals surface area contributed by atoms with E-state index in [1.807, 2.05) is 12.4 Å². The van der Waals surface area contributed by atoms with Crippen LogP contribution in [0.4, 0.5) is 5.82 Å². The van der Waals surface area contributed by atoms with Gasteiger partial charge >= 0.3 is 0 Å². The molecule has 0 saturated carbocycles. The number of nitrogens with zero attached hydrogens (tertiary/aromatic N) is 3. The van der Waals surface area contributed by atoms with E-state index in [1.54, 1.807) is 14.2 Å². The third-order valence-electron chi connectivity index (χ3n) is 3.09. The van der Waals surface area contributed by atoms with Crippen molar-refractivity contribution in [1.29, 1.82) is 0 Å². The normalized spacial score (nSPS) is 10.8. The number of ether oxygens (including phenoxy) is 2. The van der Waals surface area contributed by atoms with E-state index < -0.39 is 0 Å². The fraction of sp³-hybridized carbons (Fsp3) is 0.733. The van der Waals surface area contributed by atoms with E-state index in [0.717, 1.165) is 57.1 Å². The van der Waals surface area contributed by atoms with E-state index >= 15 is 0 Å². The van der Waals surface area contributed by atoms with Gasteiger partial charge in [-0.15, -0.1) is 0 Å². The van der Waals surface area contributed by atoms with Gasteiger partial charge in [-0.3, -0.25) is 4.98 Å². The van der Waals surface area contributed by atoms with Crippen molar-refractivity contribution in [3.8, 4) is 0 Å². The van der Waals surface area contributed by atoms with Gasteiger partial charge in [-0.2, -0.15) is 0 Å². The molecule has 0 spiro atoms. The molecule has 120 valence electrons. The van der Waals surface area contributed by atoms with Crippen LogP contribution in [0.1, 0.15) is 25.5 Å². The van der Waals surface area contributed by atoms with Crippen molar-refractivity contribution in [2.45, 2.75) is 26.3 Å². The van der Waals surface area contributed by atoms with E-state index in [0.29, 0.717) is 6.61 Å². The van der Waals surface area contributed by atoms with Crippen LogP contribution in [0.3, 0.4) is 0 Å². The minimum Gasteiger partial charge on any atom is -0.385 e. The molecule has 6 nitrogen and oxygen atoms in total. The molecule has 1 aromatic heterocycles. The number of anilines is 1.